The fourth-order valence-electron chi connectivity index (χ4n) is 1.39. The average Bonchev–Trinajstić information content (AvgIpc) is 2.12. The highest BCUT2D eigenvalue weighted by Crippen LogP contribution is 2.21. The van der Waals surface area contributed by atoms with Gasteiger partial charge in [0.05, 0.1) is 17.9 Å². The van der Waals surface area contributed by atoms with Crippen LogP contribution in [-0.2, 0) is 0 Å². The molecular weight excluding hydrogens is 194 g/mol. The molecule has 1 aromatic heterocycles. The van der Waals surface area contributed by atoms with E-state index < -0.39 is 0 Å². The van der Waals surface area contributed by atoms with Crippen LogP contribution in [0.3, 0.4) is 0 Å². The van der Waals surface area contributed by atoms with Crippen LogP contribution in [0.15, 0.2) is 6.07 Å². The summed E-state index contributed by atoms with van der Waals surface area (Å²) in [5, 5.41) is 16.1. The third-order valence-electron chi connectivity index (χ3n) is 1.91. The number of aliphatic hydroxyl groups is 1. The maximum atomic E-state index is 8.67. The Labute approximate surface area is 88.4 Å². The standard InChI is InChI=1S/C10H15N3O2/c1-6-5-8(15-4-3-14)9(10(11)12)7(2)13-6/h5,14H,3-4H2,1-2H3,(H3,11,12). The van der Waals surface area contributed by atoms with E-state index in [4.69, 9.17) is 21.0 Å². The molecule has 0 fully saturated rings. The number of aryl methyl sites for hydroxylation is 2. The van der Waals surface area contributed by atoms with Gasteiger partial charge in [-0.2, -0.15) is 0 Å². The number of nitrogens with two attached hydrogens (primary N) is 1. The van der Waals surface area contributed by atoms with Gasteiger partial charge in [-0.05, 0) is 13.8 Å². The summed E-state index contributed by atoms with van der Waals surface area (Å²) in [4.78, 5) is 4.20. The van der Waals surface area contributed by atoms with Crippen molar-refractivity contribution in [2.75, 3.05) is 13.2 Å². The van der Waals surface area contributed by atoms with Crippen molar-refractivity contribution in [2.24, 2.45) is 5.73 Å². The van der Waals surface area contributed by atoms with Gasteiger partial charge in [-0.1, -0.05) is 0 Å². The highest BCUT2D eigenvalue weighted by atomic mass is 16.5. The molecule has 0 aliphatic carbocycles. The Hall–Kier alpha value is -1.62. The van der Waals surface area contributed by atoms with Gasteiger partial charge in [0.1, 0.15) is 18.2 Å². The fourth-order valence-corrected chi connectivity index (χ4v) is 1.39. The summed E-state index contributed by atoms with van der Waals surface area (Å²) >= 11 is 0. The molecule has 1 rings (SSSR count). The third kappa shape index (κ3) is 2.66. The predicted octanol–water partition coefficient (Wildman–Crippen LogP) is 0.354. The molecule has 0 aliphatic heterocycles. The average molecular weight is 209 g/mol. The van der Waals surface area contributed by atoms with Crippen molar-refractivity contribution in [2.45, 2.75) is 13.8 Å². The number of nitrogen functional groups attached to an aromatic ring is 1. The van der Waals surface area contributed by atoms with E-state index in [2.05, 4.69) is 4.98 Å². The molecule has 0 saturated heterocycles. The zero-order valence-corrected chi connectivity index (χ0v) is 8.87. The van der Waals surface area contributed by atoms with Crippen LogP contribution in [0.2, 0.25) is 0 Å². The van der Waals surface area contributed by atoms with Crippen LogP contribution in [0.5, 0.6) is 5.75 Å². The van der Waals surface area contributed by atoms with Gasteiger partial charge < -0.3 is 15.6 Å². The molecule has 82 valence electrons. The molecule has 15 heavy (non-hydrogen) atoms. The van der Waals surface area contributed by atoms with Gasteiger partial charge in [0.25, 0.3) is 0 Å². The zero-order valence-electron chi connectivity index (χ0n) is 8.87. The van der Waals surface area contributed by atoms with Crippen LogP contribution in [0, 0.1) is 19.3 Å². The van der Waals surface area contributed by atoms with Crippen LogP contribution in [0.1, 0.15) is 17.0 Å². The summed E-state index contributed by atoms with van der Waals surface area (Å²) in [6, 6.07) is 1.71. The van der Waals surface area contributed by atoms with E-state index in [1.54, 1.807) is 13.0 Å². The van der Waals surface area contributed by atoms with Crippen LogP contribution < -0.4 is 10.5 Å². The second-order valence-corrected chi connectivity index (χ2v) is 3.21. The summed E-state index contributed by atoms with van der Waals surface area (Å²) in [7, 11) is 0. The van der Waals surface area contributed by atoms with Crippen molar-refractivity contribution in [3.8, 4) is 5.75 Å². The number of hydrogen-bond acceptors (Lipinski definition) is 4. The molecule has 0 unspecified atom stereocenters. The van der Waals surface area contributed by atoms with Crippen molar-refractivity contribution in [1.82, 2.24) is 4.98 Å². The van der Waals surface area contributed by atoms with Gasteiger partial charge in [0.2, 0.25) is 0 Å². The quantitative estimate of drug-likeness (QED) is 0.493. The van der Waals surface area contributed by atoms with Gasteiger partial charge in [-0.25, -0.2) is 0 Å². The number of nitrogens with zero attached hydrogens (tertiary/aromatic N) is 1. The Kier molecular flexibility index (Phi) is 3.62. The molecule has 4 N–H and O–H groups in total. The first-order chi connectivity index (χ1) is 7.06. The second-order valence-electron chi connectivity index (χ2n) is 3.21. The molecule has 0 bridgehead atoms. The molecule has 5 heteroatoms. The molecule has 0 aliphatic rings. The number of hydrogen-bond donors (Lipinski definition) is 3. The Balaban J connectivity index is 3.14. The highest BCUT2D eigenvalue weighted by Gasteiger charge is 2.12. The van der Waals surface area contributed by atoms with Crippen LogP contribution in [-0.4, -0.2) is 29.1 Å². The highest BCUT2D eigenvalue weighted by molar-refractivity contribution is 5.98. The maximum Gasteiger partial charge on any atom is 0.133 e. The first-order valence-corrected chi connectivity index (χ1v) is 4.62. The van der Waals surface area contributed by atoms with E-state index in [1.165, 1.54) is 0 Å². The van der Waals surface area contributed by atoms with Crippen LogP contribution in [0.25, 0.3) is 0 Å². The molecule has 0 amide bonds. The number of amidine groups is 1. The number of rotatable bonds is 4. The minimum Gasteiger partial charge on any atom is -0.490 e. The number of pyridine rings is 1. The van der Waals surface area contributed by atoms with Gasteiger partial charge in [-0.3, -0.25) is 10.4 Å². The number of aliphatic hydroxyl groups excluding tert-OH is 1. The van der Waals surface area contributed by atoms with E-state index in [0.717, 1.165) is 5.69 Å². The van der Waals surface area contributed by atoms with E-state index >= 15 is 0 Å². The second kappa shape index (κ2) is 4.75. The molecule has 0 saturated carbocycles. The predicted molar refractivity (Wildman–Crippen MR) is 57.3 cm³/mol. The molecule has 1 aromatic rings. The smallest absolute Gasteiger partial charge is 0.133 e. The number of nitrogens with one attached hydrogen (secondary N) is 1. The number of ether oxygens (including phenoxy) is 1. The first kappa shape index (κ1) is 11.5. The van der Waals surface area contributed by atoms with Crippen molar-refractivity contribution < 1.29 is 9.84 Å². The summed E-state index contributed by atoms with van der Waals surface area (Å²) in [6.07, 6.45) is 0. The molecule has 0 radical (unpaired) electrons. The largest absolute Gasteiger partial charge is 0.490 e. The summed E-state index contributed by atoms with van der Waals surface area (Å²) in [5.41, 5.74) is 7.39. The van der Waals surface area contributed by atoms with E-state index in [0.29, 0.717) is 17.0 Å². The van der Waals surface area contributed by atoms with E-state index in [1.807, 2.05) is 6.92 Å². The number of aromatic nitrogens is 1. The van der Waals surface area contributed by atoms with Crippen LogP contribution >= 0.6 is 0 Å². The van der Waals surface area contributed by atoms with Crippen LogP contribution in [0.4, 0.5) is 0 Å². The Morgan fingerprint density at radius 2 is 2.27 bits per heavy atom. The maximum absolute atomic E-state index is 8.67. The molecule has 1 heterocycles. The third-order valence-corrected chi connectivity index (χ3v) is 1.91. The lowest BCUT2D eigenvalue weighted by molar-refractivity contribution is 0.201. The molecular formula is C10H15N3O2. The van der Waals surface area contributed by atoms with Gasteiger partial charge in [0.15, 0.2) is 0 Å². The van der Waals surface area contributed by atoms with Crippen molar-refractivity contribution >= 4 is 5.84 Å². The molecule has 0 spiro atoms. The molecule has 0 atom stereocenters. The lowest BCUT2D eigenvalue weighted by Crippen LogP contribution is -2.17. The normalized spacial score (nSPS) is 10.1. The van der Waals surface area contributed by atoms with E-state index in [-0.39, 0.29) is 19.0 Å². The SMILES string of the molecule is Cc1cc(OCCO)c(C(=N)N)c(C)n1. The van der Waals surface area contributed by atoms with Crippen molar-refractivity contribution in [3.05, 3.63) is 23.0 Å². The van der Waals surface area contributed by atoms with E-state index in [9.17, 15) is 0 Å². The lowest BCUT2D eigenvalue weighted by atomic mass is 10.1. The van der Waals surface area contributed by atoms with Crippen molar-refractivity contribution in [1.29, 1.82) is 5.41 Å². The molecule has 5 nitrogen and oxygen atoms in total. The Bertz CT molecular complexity index is 377. The Morgan fingerprint density at radius 1 is 1.60 bits per heavy atom. The Morgan fingerprint density at radius 3 is 2.80 bits per heavy atom. The fraction of sp³-hybridized carbons (Fsp3) is 0.400. The summed E-state index contributed by atoms with van der Waals surface area (Å²) < 4.78 is 5.30. The first-order valence-electron chi connectivity index (χ1n) is 4.62. The topological polar surface area (TPSA) is 92.2 Å². The lowest BCUT2D eigenvalue weighted by Gasteiger charge is -2.12. The van der Waals surface area contributed by atoms with Crippen molar-refractivity contribution in [3.63, 3.8) is 0 Å². The molecule has 0 aromatic carbocycles. The zero-order chi connectivity index (χ0) is 11.4. The minimum atomic E-state index is -0.0760. The summed E-state index contributed by atoms with van der Waals surface area (Å²) in [6.45, 7) is 3.72. The van der Waals surface area contributed by atoms with Gasteiger partial charge in [-0.15, -0.1) is 0 Å². The minimum absolute atomic E-state index is 0.0717. The van der Waals surface area contributed by atoms with Gasteiger partial charge in [0, 0.05) is 11.8 Å². The van der Waals surface area contributed by atoms with Gasteiger partial charge >= 0.3 is 0 Å². The summed E-state index contributed by atoms with van der Waals surface area (Å²) in [5.74, 6) is 0.425. The monoisotopic (exact) mass is 209 g/mol.